The highest BCUT2D eigenvalue weighted by molar-refractivity contribution is 5.56. The van der Waals surface area contributed by atoms with E-state index >= 15 is 0 Å². The van der Waals surface area contributed by atoms with Crippen LogP contribution in [-0.4, -0.2) is 25.3 Å². The van der Waals surface area contributed by atoms with Crippen LogP contribution in [0.2, 0.25) is 0 Å². The van der Waals surface area contributed by atoms with E-state index in [2.05, 4.69) is 43.0 Å². The van der Waals surface area contributed by atoms with Gasteiger partial charge >= 0.3 is 0 Å². The van der Waals surface area contributed by atoms with Gasteiger partial charge in [0.25, 0.3) is 0 Å². The molecule has 1 aliphatic rings. The molecule has 3 heteroatoms. The summed E-state index contributed by atoms with van der Waals surface area (Å²) in [6.45, 7) is 8.07. The van der Waals surface area contributed by atoms with Crippen LogP contribution in [0.1, 0.15) is 32.4 Å². The summed E-state index contributed by atoms with van der Waals surface area (Å²) >= 11 is 0. The zero-order chi connectivity index (χ0) is 12.4. The summed E-state index contributed by atoms with van der Waals surface area (Å²) in [6.07, 6.45) is 0.285. The Labute approximate surface area is 104 Å². The molecule has 3 unspecified atom stereocenters. The van der Waals surface area contributed by atoms with Gasteiger partial charge in [-0.25, -0.2) is 0 Å². The largest absolute Gasteiger partial charge is 0.375 e. The van der Waals surface area contributed by atoms with E-state index in [-0.39, 0.29) is 12.1 Å². The van der Waals surface area contributed by atoms with Crippen molar-refractivity contribution in [2.45, 2.75) is 39.0 Å². The predicted molar refractivity (Wildman–Crippen MR) is 71.3 cm³/mol. The number of morpholine rings is 1. The van der Waals surface area contributed by atoms with Crippen LogP contribution in [-0.2, 0) is 4.74 Å². The topological polar surface area (TPSA) is 38.5 Å². The highest BCUT2D eigenvalue weighted by atomic mass is 16.5. The highest BCUT2D eigenvalue weighted by Gasteiger charge is 2.25. The maximum atomic E-state index is 6.04. The number of rotatable bonds is 2. The SMILES string of the molecule is CC1CN(c2ccccc2C(C)N)C(C)CO1. The van der Waals surface area contributed by atoms with Crippen molar-refractivity contribution in [3.63, 3.8) is 0 Å². The molecule has 1 aromatic carbocycles. The fraction of sp³-hybridized carbons (Fsp3) is 0.571. The Kier molecular flexibility index (Phi) is 3.69. The van der Waals surface area contributed by atoms with Gasteiger partial charge in [-0.2, -0.15) is 0 Å². The van der Waals surface area contributed by atoms with Crippen LogP contribution < -0.4 is 10.6 Å². The van der Waals surface area contributed by atoms with Crippen molar-refractivity contribution in [2.24, 2.45) is 5.73 Å². The number of benzene rings is 1. The molecule has 17 heavy (non-hydrogen) atoms. The second-order valence-corrected chi connectivity index (χ2v) is 4.99. The molecule has 0 aromatic heterocycles. The molecule has 1 aromatic rings. The number of anilines is 1. The van der Waals surface area contributed by atoms with Crippen molar-refractivity contribution in [3.05, 3.63) is 29.8 Å². The van der Waals surface area contributed by atoms with Crippen LogP contribution in [0.5, 0.6) is 0 Å². The Bertz CT molecular complexity index is 378. The van der Waals surface area contributed by atoms with Crippen molar-refractivity contribution < 1.29 is 4.74 Å². The van der Waals surface area contributed by atoms with E-state index in [1.807, 2.05) is 6.92 Å². The Morgan fingerprint density at radius 1 is 1.35 bits per heavy atom. The fourth-order valence-electron chi connectivity index (χ4n) is 2.37. The van der Waals surface area contributed by atoms with Crippen LogP contribution in [0.15, 0.2) is 24.3 Å². The van der Waals surface area contributed by atoms with Crippen LogP contribution in [0, 0.1) is 0 Å². The molecule has 0 aliphatic carbocycles. The van der Waals surface area contributed by atoms with Gasteiger partial charge in [-0.05, 0) is 32.4 Å². The van der Waals surface area contributed by atoms with Gasteiger partial charge in [0, 0.05) is 24.3 Å². The predicted octanol–water partition coefficient (Wildman–Crippen LogP) is 2.32. The lowest BCUT2D eigenvalue weighted by Crippen LogP contribution is -2.48. The van der Waals surface area contributed by atoms with Crippen LogP contribution >= 0.6 is 0 Å². The van der Waals surface area contributed by atoms with Crippen LogP contribution in [0.25, 0.3) is 0 Å². The third kappa shape index (κ3) is 2.61. The average Bonchev–Trinajstić information content (AvgIpc) is 2.32. The molecule has 0 amide bonds. The quantitative estimate of drug-likeness (QED) is 0.853. The molecule has 1 aliphatic heterocycles. The molecule has 94 valence electrons. The van der Waals surface area contributed by atoms with Crippen molar-refractivity contribution in [1.82, 2.24) is 0 Å². The smallest absolute Gasteiger partial charge is 0.0723 e. The molecule has 3 nitrogen and oxygen atoms in total. The van der Waals surface area contributed by atoms with Crippen molar-refractivity contribution in [3.8, 4) is 0 Å². The molecular weight excluding hydrogens is 212 g/mol. The van der Waals surface area contributed by atoms with E-state index in [1.54, 1.807) is 0 Å². The molecule has 2 rings (SSSR count). The number of nitrogens with two attached hydrogens (primary N) is 1. The standard InChI is InChI=1S/C14H22N2O/c1-10-9-17-11(2)8-16(10)14-7-5-4-6-13(14)12(3)15/h4-7,10-12H,8-9,15H2,1-3H3. The first-order valence-corrected chi connectivity index (χ1v) is 6.32. The molecule has 0 radical (unpaired) electrons. The molecule has 2 N–H and O–H groups in total. The zero-order valence-electron chi connectivity index (χ0n) is 10.9. The number of hydrogen-bond donors (Lipinski definition) is 1. The van der Waals surface area contributed by atoms with Crippen molar-refractivity contribution in [1.29, 1.82) is 0 Å². The zero-order valence-corrected chi connectivity index (χ0v) is 10.9. The first-order chi connectivity index (χ1) is 8.09. The Hall–Kier alpha value is -1.06. The van der Waals surface area contributed by atoms with Gasteiger partial charge in [0.1, 0.15) is 0 Å². The van der Waals surface area contributed by atoms with Gasteiger partial charge in [-0.15, -0.1) is 0 Å². The number of nitrogens with zero attached hydrogens (tertiary/aromatic N) is 1. The molecule has 0 bridgehead atoms. The van der Waals surface area contributed by atoms with E-state index < -0.39 is 0 Å². The molecular formula is C14H22N2O. The summed E-state index contributed by atoms with van der Waals surface area (Å²) in [4.78, 5) is 2.41. The first kappa shape index (κ1) is 12.4. The summed E-state index contributed by atoms with van der Waals surface area (Å²) in [5.41, 5.74) is 8.51. The number of ether oxygens (including phenoxy) is 1. The van der Waals surface area contributed by atoms with Gasteiger partial charge < -0.3 is 15.4 Å². The van der Waals surface area contributed by atoms with E-state index in [0.717, 1.165) is 13.2 Å². The second-order valence-electron chi connectivity index (χ2n) is 4.99. The average molecular weight is 234 g/mol. The summed E-state index contributed by atoms with van der Waals surface area (Å²) in [5.74, 6) is 0. The summed E-state index contributed by atoms with van der Waals surface area (Å²) in [5, 5.41) is 0. The van der Waals surface area contributed by atoms with E-state index in [1.165, 1.54) is 11.3 Å². The van der Waals surface area contributed by atoms with Crippen molar-refractivity contribution in [2.75, 3.05) is 18.1 Å². The second kappa shape index (κ2) is 5.07. The fourth-order valence-corrected chi connectivity index (χ4v) is 2.37. The van der Waals surface area contributed by atoms with Gasteiger partial charge in [-0.1, -0.05) is 18.2 Å². The highest BCUT2D eigenvalue weighted by Crippen LogP contribution is 2.28. The monoisotopic (exact) mass is 234 g/mol. The van der Waals surface area contributed by atoms with Gasteiger partial charge in [-0.3, -0.25) is 0 Å². The summed E-state index contributed by atoms with van der Waals surface area (Å²) in [7, 11) is 0. The molecule has 0 spiro atoms. The number of para-hydroxylation sites is 1. The maximum Gasteiger partial charge on any atom is 0.0723 e. The van der Waals surface area contributed by atoms with E-state index in [0.29, 0.717) is 6.04 Å². The maximum absolute atomic E-state index is 6.04. The summed E-state index contributed by atoms with van der Waals surface area (Å²) < 4.78 is 5.67. The molecule has 1 saturated heterocycles. The Morgan fingerprint density at radius 3 is 2.76 bits per heavy atom. The lowest BCUT2D eigenvalue weighted by atomic mass is 10.0. The molecule has 1 heterocycles. The lowest BCUT2D eigenvalue weighted by Gasteiger charge is -2.39. The minimum Gasteiger partial charge on any atom is -0.375 e. The molecule has 1 fully saturated rings. The van der Waals surface area contributed by atoms with Crippen LogP contribution in [0.4, 0.5) is 5.69 Å². The van der Waals surface area contributed by atoms with Gasteiger partial charge in [0.2, 0.25) is 0 Å². The molecule has 0 saturated carbocycles. The Morgan fingerprint density at radius 2 is 2.06 bits per heavy atom. The third-order valence-corrected chi connectivity index (χ3v) is 3.34. The normalized spacial score (nSPS) is 26.9. The van der Waals surface area contributed by atoms with E-state index in [4.69, 9.17) is 10.5 Å². The van der Waals surface area contributed by atoms with Gasteiger partial charge in [0.15, 0.2) is 0 Å². The molecule has 3 atom stereocenters. The number of hydrogen-bond acceptors (Lipinski definition) is 3. The van der Waals surface area contributed by atoms with Gasteiger partial charge in [0.05, 0.1) is 12.7 Å². The first-order valence-electron chi connectivity index (χ1n) is 6.32. The van der Waals surface area contributed by atoms with Crippen molar-refractivity contribution >= 4 is 5.69 Å². The minimum absolute atomic E-state index is 0.0663. The van der Waals surface area contributed by atoms with Crippen LogP contribution in [0.3, 0.4) is 0 Å². The minimum atomic E-state index is 0.0663. The lowest BCUT2D eigenvalue weighted by molar-refractivity contribution is 0.0343. The van der Waals surface area contributed by atoms with E-state index in [9.17, 15) is 0 Å². The Balaban J connectivity index is 2.31. The summed E-state index contributed by atoms with van der Waals surface area (Å²) in [6, 6.07) is 8.88. The third-order valence-electron chi connectivity index (χ3n) is 3.34.